The number of hydrogen-bond acceptors (Lipinski definition) is 8. The van der Waals surface area contributed by atoms with Crippen molar-refractivity contribution < 1.29 is 38.4 Å². The third-order valence-corrected chi connectivity index (χ3v) is 11.1. The van der Waals surface area contributed by atoms with Gasteiger partial charge in [-0.15, -0.1) is 0 Å². The van der Waals surface area contributed by atoms with E-state index in [0.29, 0.717) is 33.9 Å². The highest BCUT2D eigenvalue weighted by molar-refractivity contribution is 6.42. The second-order valence-corrected chi connectivity index (χ2v) is 15.6. The Hall–Kier alpha value is -5.78. The maximum absolute atomic E-state index is 14.0. The highest BCUT2D eigenvalue weighted by Crippen LogP contribution is 2.41. The van der Waals surface area contributed by atoms with Crippen LogP contribution in [0.3, 0.4) is 0 Å². The molecule has 0 fully saturated rings. The lowest BCUT2D eigenvalue weighted by atomic mass is 9.92. The van der Waals surface area contributed by atoms with Gasteiger partial charge >= 0.3 is 12.1 Å². The van der Waals surface area contributed by atoms with Crippen LogP contribution in [0.5, 0.6) is 17.2 Å². The van der Waals surface area contributed by atoms with E-state index in [1.165, 1.54) is 4.90 Å². The van der Waals surface area contributed by atoms with E-state index in [2.05, 4.69) is 10.3 Å². The first-order valence-electron chi connectivity index (χ1n) is 19.0. The summed E-state index contributed by atoms with van der Waals surface area (Å²) in [5.74, 6) is -0.106. The number of nitrogens with one attached hydrogen (secondary N) is 1. The molecule has 0 bridgehead atoms. The molecule has 2 N–H and O–H groups in total. The number of carbonyl (C=O) groups excluding carboxylic acids is 2. The number of aliphatic carboxylic acids is 1. The van der Waals surface area contributed by atoms with E-state index in [1.807, 2.05) is 86.6 Å². The number of carboxylic acid groups (broad SMARTS) is 1. The van der Waals surface area contributed by atoms with Crippen molar-refractivity contribution in [3.05, 3.63) is 140 Å². The summed E-state index contributed by atoms with van der Waals surface area (Å²) >= 11 is 12.2. The molecule has 0 radical (unpaired) electrons. The van der Waals surface area contributed by atoms with Crippen molar-refractivity contribution in [1.29, 1.82) is 0 Å². The summed E-state index contributed by atoms with van der Waals surface area (Å²) in [7, 11) is 0. The van der Waals surface area contributed by atoms with Gasteiger partial charge in [0, 0.05) is 24.7 Å². The fourth-order valence-corrected chi connectivity index (χ4v) is 7.38. The number of nitrogens with zero attached hydrogens (tertiary/aromatic N) is 2. The SMILES string of the molecule is Cc1nccc(-c2ccc(CC(NC(=O)C3Cc4cc5c(cc4CN3C(=O)OC(C)C)OC(c3ccc(OCc4ccc(Cl)c(Cl)c4)cc3)CO5)C(=O)O)cc2)c1C. The van der Waals surface area contributed by atoms with E-state index >= 15 is 0 Å². The number of amides is 2. The minimum Gasteiger partial charge on any atom is -0.489 e. The van der Waals surface area contributed by atoms with Crippen molar-refractivity contribution in [3.63, 3.8) is 0 Å². The zero-order chi connectivity index (χ0) is 41.1. The van der Waals surface area contributed by atoms with Gasteiger partial charge in [-0.2, -0.15) is 0 Å². The number of rotatable bonds is 11. The van der Waals surface area contributed by atoms with Gasteiger partial charge in [0.15, 0.2) is 17.6 Å². The molecule has 2 aliphatic heterocycles. The molecule has 3 heterocycles. The molecule has 7 rings (SSSR count). The molecule has 11 nitrogen and oxygen atoms in total. The molecule has 0 aliphatic carbocycles. The van der Waals surface area contributed by atoms with Gasteiger partial charge in [-0.25, -0.2) is 9.59 Å². The molecule has 13 heteroatoms. The molecule has 3 unspecified atom stereocenters. The van der Waals surface area contributed by atoms with Crippen LogP contribution in [0.25, 0.3) is 11.1 Å². The third-order valence-electron chi connectivity index (χ3n) is 10.3. The van der Waals surface area contributed by atoms with Crippen LogP contribution < -0.4 is 19.5 Å². The minimum atomic E-state index is -1.24. The molecular formula is C45H43Cl2N3O8. The summed E-state index contributed by atoms with van der Waals surface area (Å²) in [6, 6.07) is 23.8. The molecule has 0 spiro atoms. The van der Waals surface area contributed by atoms with Crippen molar-refractivity contribution >= 4 is 41.2 Å². The monoisotopic (exact) mass is 823 g/mol. The Morgan fingerprint density at radius 1 is 0.914 bits per heavy atom. The molecule has 5 aromatic rings. The lowest BCUT2D eigenvalue weighted by molar-refractivity contribution is -0.142. The Balaban J connectivity index is 1.04. The van der Waals surface area contributed by atoms with E-state index in [1.54, 1.807) is 32.2 Å². The van der Waals surface area contributed by atoms with Crippen LogP contribution >= 0.6 is 23.2 Å². The topological polar surface area (TPSA) is 137 Å². The fraction of sp³-hybridized carbons (Fsp3) is 0.289. The number of benzene rings is 4. The molecule has 2 amide bonds. The lowest BCUT2D eigenvalue weighted by Gasteiger charge is -2.37. The summed E-state index contributed by atoms with van der Waals surface area (Å²) < 4.78 is 24.1. The minimum absolute atomic E-state index is 0.0399. The van der Waals surface area contributed by atoms with E-state index in [4.69, 9.17) is 42.1 Å². The predicted octanol–water partition coefficient (Wildman–Crippen LogP) is 8.85. The van der Waals surface area contributed by atoms with Gasteiger partial charge in [0.1, 0.15) is 31.0 Å². The smallest absolute Gasteiger partial charge is 0.411 e. The van der Waals surface area contributed by atoms with Crippen LogP contribution in [0, 0.1) is 13.8 Å². The molecule has 0 saturated carbocycles. The first kappa shape index (κ1) is 40.4. The quantitative estimate of drug-likeness (QED) is 0.134. The van der Waals surface area contributed by atoms with Crippen molar-refractivity contribution in [2.75, 3.05) is 6.61 Å². The highest BCUT2D eigenvalue weighted by Gasteiger charge is 2.39. The number of carbonyl (C=O) groups is 3. The van der Waals surface area contributed by atoms with Crippen molar-refractivity contribution in [2.24, 2.45) is 0 Å². The van der Waals surface area contributed by atoms with Gasteiger partial charge in [-0.1, -0.05) is 65.7 Å². The van der Waals surface area contributed by atoms with Crippen LogP contribution in [0.15, 0.2) is 91.1 Å². The Morgan fingerprint density at radius 2 is 1.64 bits per heavy atom. The van der Waals surface area contributed by atoms with Gasteiger partial charge in [0.2, 0.25) is 5.91 Å². The van der Waals surface area contributed by atoms with Crippen LogP contribution in [0.2, 0.25) is 10.0 Å². The molecule has 2 aliphatic rings. The van der Waals surface area contributed by atoms with E-state index < -0.39 is 42.3 Å². The first-order valence-corrected chi connectivity index (χ1v) is 19.7. The molecule has 0 saturated heterocycles. The summed E-state index contributed by atoms with van der Waals surface area (Å²) in [6.45, 7) is 8.03. The molecule has 1 aromatic heterocycles. The summed E-state index contributed by atoms with van der Waals surface area (Å²) in [4.78, 5) is 45.6. The van der Waals surface area contributed by atoms with Crippen molar-refractivity contribution in [3.8, 4) is 28.4 Å². The predicted molar refractivity (Wildman–Crippen MR) is 220 cm³/mol. The Bertz CT molecular complexity index is 2330. The number of pyridine rings is 1. The molecule has 300 valence electrons. The average Bonchev–Trinajstić information content (AvgIpc) is 3.20. The number of ether oxygens (including phenoxy) is 4. The fourth-order valence-electron chi connectivity index (χ4n) is 7.06. The normalized spacial score (nSPS) is 16.3. The average molecular weight is 825 g/mol. The summed E-state index contributed by atoms with van der Waals surface area (Å²) in [5.41, 5.74) is 8.06. The molecule has 58 heavy (non-hydrogen) atoms. The van der Waals surface area contributed by atoms with Crippen molar-refractivity contribution in [1.82, 2.24) is 15.2 Å². The lowest BCUT2D eigenvalue weighted by Crippen LogP contribution is -2.56. The van der Waals surface area contributed by atoms with Gasteiger partial charge in [0.25, 0.3) is 0 Å². The zero-order valence-corrected chi connectivity index (χ0v) is 34.0. The number of hydrogen-bond donors (Lipinski definition) is 2. The van der Waals surface area contributed by atoms with E-state index in [0.717, 1.165) is 50.2 Å². The number of fused-ring (bicyclic) bond motifs is 2. The Morgan fingerprint density at radius 3 is 2.34 bits per heavy atom. The number of aryl methyl sites for hydroxylation is 1. The molecule has 3 atom stereocenters. The maximum Gasteiger partial charge on any atom is 0.411 e. The van der Waals surface area contributed by atoms with Gasteiger partial charge in [-0.05, 0) is 115 Å². The van der Waals surface area contributed by atoms with Crippen LogP contribution in [0.1, 0.15) is 59.0 Å². The Labute approximate surface area is 346 Å². The second kappa shape index (κ2) is 17.4. The second-order valence-electron chi connectivity index (χ2n) is 14.7. The molecule has 4 aromatic carbocycles. The number of halogens is 2. The van der Waals surface area contributed by atoms with Gasteiger partial charge in [-0.3, -0.25) is 14.7 Å². The number of carboxylic acids is 1. The zero-order valence-electron chi connectivity index (χ0n) is 32.5. The number of aromatic nitrogens is 1. The van der Waals surface area contributed by atoms with E-state index in [9.17, 15) is 19.5 Å². The largest absolute Gasteiger partial charge is 0.489 e. The first-order chi connectivity index (χ1) is 27.8. The summed E-state index contributed by atoms with van der Waals surface area (Å²) in [5, 5.41) is 13.8. The third kappa shape index (κ3) is 9.16. The van der Waals surface area contributed by atoms with Crippen LogP contribution in [-0.2, 0) is 40.3 Å². The maximum atomic E-state index is 14.0. The highest BCUT2D eigenvalue weighted by atomic mass is 35.5. The molecular weight excluding hydrogens is 781 g/mol. The van der Waals surface area contributed by atoms with E-state index in [-0.39, 0.29) is 26.0 Å². The van der Waals surface area contributed by atoms with Crippen LogP contribution in [0.4, 0.5) is 4.79 Å². The van der Waals surface area contributed by atoms with Gasteiger partial charge in [0.05, 0.1) is 22.7 Å². The summed E-state index contributed by atoms with van der Waals surface area (Å²) in [6.07, 6.45) is 0.387. The standard InChI is InChI=1S/C45H43Cl2N3O8/c1-25(2)57-45(54)50-22-33-21-41-40(56-24-42(58-41)31-10-12-34(13-11-31)55-23-29-7-14-36(46)37(47)17-29)20-32(33)19-39(50)43(51)49-38(44(52)53)18-28-5-8-30(9-6-28)35-15-16-48-27(4)26(35)3/h5-17,20-21,25,38-39,42H,18-19,22-24H2,1-4H3,(H,49,51)(H,52,53). The van der Waals surface area contributed by atoms with Gasteiger partial charge < -0.3 is 29.4 Å². The van der Waals surface area contributed by atoms with Crippen LogP contribution in [-0.4, -0.2) is 57.8 Å². The Kier molecular flexibility index (Phi) is 12.1. The van der Waals surface area contributed by atoms with Crippen molar-refractivity contribution in [2.45, 2.75) is 78.0 Å².